The maximum atomic E-state index is 5.44. The first-order valence-electron chi connectivity index (χ1n) is 7.23. The molecular formula is C16H21N3O. The van der Waals surface area contributed by atoms with Gasteiger partial charge in [0.05, 0.1) is 5.92 Å². The lowest BCUT2D eigenvalue weighted by atomic mass is 9.98. The van der Waals surface area contributed by atoms with Crippen molar-refractivity contribution >= 4 is 0 Å². The smallest absolute Gasteiger partial charge is 0.231 e. The van der Waals surface area contributed by atoms with E-state index < -0.39 is 0 Å². The van der Waals surface area contributed by atoms with Gasteiger partial charge in [-0.1, -0.05) is 30.3 Å². The third kappa shape index (κ3) is 2.61. The number of rotatable bonds is 3. The van der Waals surface area contributed by atoms with Crippen LogP contribution in [-0.4, -0.2) is 23.2 Å². The summed E-state index contributed by atoms with van der Waals surface area (Å²) in [5.74, 6) is 2.48. The Bertz CT molecular complexity index is 606. The summed E-state index contributed by atoms with van der Waals surface area (Å²) in [4.78, 5) is 4.57. The van der Waals surface area contributed by atoms with Crippen LogP contribution >= 0.6 is 0 Å². The first-order valence-corrected chi connectivity index (χ1v) is 7.23. The van der Waals surface area contributed by atoms with Crippen molar-refractivity contribution < 1.29 is 4.52 Å². The van der Waals surface area contributed by atoms with E-state index in [1.54, 1.807) is 0 Å². The van der Waals surface area contributed by atoms with Crippen LogP contribution in [0.5, 0.6) is 0 Å². The zero-order chi connectivity index (χ0) is 14.1. The number of nitrogens with one attached hydrogen (secondary N) is 1. The number of nitrogens with zero attached hydrogens (tertiary/aromatic N) is 2. The molecule has 3 rings (SSSR count). The van der Waals surface area contributed by atoms with Gasteiger partial charge in [0.15, 0.2) is 5.82 Å². The number of benzene rings is 1. The van der Waals surface area contributed by atoms with E-state index >= 15 is 0 Å². The fourth-order valence-corrected chi connectivity index (χ4v) is 2.73. The normalized spacial score (nSPS) is 22.4. The van der Waals surface area contributed by atoms with Crippen LogP contribution in [0.4, 0.5) is 0 Å². The van der Waals surface area contributed by atoms with Gasteiger partial charge in [0, 0.05) is 13.0 Å². The van der Waals surface area contributed by atoms with Gasteiger partial charge in [-0.15, -0.1) is 0 Å². The Morgan fingerprint density at radius 2 is 2.10 bits per heavy atom. The average molecular weight is 271 g/mol. The number of hydrogen-bond acceptors (Lipinski definition) is 4. The second-order valence-corrected chi connectivity index (χ2v) is 5.89. The summed E-state index contributed by atoms with van der Waals surface area (Å²) in [7, 11) is 0. The van der Waals surface area contributed by atoms with Crippen molar-refractivity contribution in [1.82, 2.24) is 15.5 Å². The zero-order valence-corrected chi connectivity index (χ0v) is 12.3. The molecule has 4 heteroatoms. The van der Waals surface area contributed by atoms with Gasteiger partial charge in [-0.3, -0.25) is 0 Å². The molecule has 1 aliphatic heterocycles. The van der Waals surface area contributed by atoms with E-state index in [2.05, 4.69) is 54.4 Å². The van der Waals surface area contributed by atoms with Gasteiger partial charge in [0.2, 0.25) is 5.89 Å². The Kier molecular flexibility index (Phi) is 3.57. The van der Waals surface area contributed by atoms with Crippen LogP contribution in [0.25, 0.3) is 0 Å². The monoisotopic (exact) mass is 271 g/mol. The Hall–Kier alpha value is -1.68. The Labute approximate surface area is 119 Å². The van der Waals surface area contributed by atoms with Crippen molar-refractivity contribution in [2.75, 3.05) is 13.1 Å². The Morgan fingerprint density at radius 3 is 2.80 bits per heavy atom. The SMILES string of the molecule is Cc1ccc(Cc2noc([C@@H]3CNC[C@H]3C)n2)cc1C. The molecule has 1 aliphatic rings. The molecule has 2 heterocycles. The second-order valence-electron chi connectivity index (χ2n) is 5.89. The predicted molar refractivity (Wildman–Crippen MR) is 77.8 cm³/mol. The minimum atomic E-state index is 0.357. The van der Waals surface area contributed by atoms with Crippen LogP contribution in [-0.2, 0) is 6.42 Å². The molecule has 0 amide bonds. The maximum Gasteiger partial charge on any atom is 0.231 e. The predicted octanol–water partition coefficient (Wildman–Crippen LogP) is 2.60. The summed E-state index contributed by atoms with van der Waals surface area (Å²) in [5.41, 5.74) is 3.85. The highest BCUT2D eigenvalue weighted by Crippen LogP contribution is 2.26. The van der Waals surface area contributed by atoms with Crippen molar-refractivity contribution in [3.8, 4) is 0 Å². The van der Waals surface area contributed by atoms with E-state index in [1.807, 2.05) is 0 Å². The van der Waals surface area contributed by atoms with E-state index in [0.717, 1.165) is 31.2 Å². The fraction of sp³-hybridized carbons (Fsp3) is 0.500. The quantitative estimate of drug-likeness (QED) is 0.932. The van der Waals surface area contributed by atoms with Gasteiger partial charge in [-0.25, -0.2) is 0 Å². The van der Waals surface area contributed by atoms with Crippen LogP contribution in [0.1, 0.15) is 41.2 Å². The van der Waals surface area contributed by atoms with Gasteiger partial charge in [-0.05, 0) is 43.0 Å². The molecule has 4 nitrogen and oxygen atoms in total. The molecule has 2 aromatic rings. The van der Waals surface area contributed by atoms with Crippen LogP contribution in [0.15, 0.2) is 22.7 Å². The molecule has 1 N–H and O–H groups in total. The summed E-state index contributed by atoms with van der Waals surface area (Å²) in [6.45, 7) is 8.44. The van der Waals surface area contributed by atoms with Gasteiger partial charge in [-0.2, -0.15) is 4.98 Å². The van der Waals surface area contributed by atoms with Gasteiger partial charge < -0.3 is 9.84 Å². The van der Waals surface area contributed by atoms with E-state index in [0.29, 0.717) is 11.8 Å². The summed E-state index contributed by atoms with van der Waals surface area (Å²) >= 11 is 0. The second kappa shape index (κ2) is 5.37. The van der Waals surface area contributed by atoms with E-state index in [-0.39, 0.29) is 0 Å². The first-order chi connectivity index (χ1) is 9.63. The average Bonchev–Trinajstić information content (AvgIpc) is 3.03. The molecule has 1 aromatic heterocycles. The summed E-state index contributed by atoms with van der Waals surface area (Å²) < 4.78 is 5.44. The molecule has 106 valence electrons. The van der Waals surface area contributed by atoms with Crippen molar-refractivity contribution in [2.45, 2.75) is 33.1 Å². The van der Waals surface area contributed by atoms with Crippen molar-refractivity contribution in [3.63, 3.8) is 0 Å². The Balaban J connectivity index is 1.75. The first kappa shape index (κ1) is 13.3. The number of hydrogen-bond donors (Lipinski definition) is 1. The topological polar surface area (TPSA) is 51.0 Å². The molecule has 1 saturated heterocycles. The van der Waals surface area contributed by atoms with Crippen molar-refractivity contribution in [2.24, 2.45) is 5.92 Å². The molecule has 20 heavy (non-hydrogen) atoms. The molecule has 0 aliphatic carbocycles. The molecule has 0 saturated carbocycles. The highest BCUT2D eigenvalue weighted by atomic mass is 16.5. The minimum Gasteiger partial charge on any atom is -0.339 e. The highest BCUT2D eigenvalue weighted by Gasteiger charge is 2.29. The lowest BCUT2D eigenvalue weighted by molar-refractivity contribution is 0.337. The molecule has 0 unspecified atom stereocenters. The number of aromatic nitrogens is 2. The molecule has 2 atom stereocenters. The molecule has 0 bridgehead atoms. The molecule has 1 fully saturated rings. The highest BCUT2D eigenvalue weighted by molar-refractivity contribution is 5.31. The summed E-state index contributed by atoms with van der Waals surface area (Å²) in [6, 6.07) is 6.48. The van der Waals surface area contributed by atoms with E-state index in [9.17, 15) is 0 Å². The molecule has 0 spiro atoms. The molecular weight excluding hydrogens is 250 g/mol. The number of aryl methyl sites for hydroxylation is 2. The minimum absolute atomic E-state index is 0.357. The van der Waals surface area contributed by atoms with Crippen molar-refractivity contribution in [1.29, 1.82) is 0 Å². The summed E-state index contributed by atoms with van der Waals surface area (Å²) in [5, 5.41) is 7.49. The van der Waals surface area contributed by atoms with Crippen molar-refractivity contribution in [3.05, 3.63) is 46.6 Å². The third-order valence-corrected chi connectivity index (χ3v) is 4.25. The standard InChI is InChI=1S/C16H21N3O/c1-10-4-5-13(6-11(10)2)7-15-18-16(20-19-15)14-9-17-8-12(14)3/h4-6,12,14,17H,7-9H2,1-3H3/t12-,14-/m1/s1. The molecule has 0 radical (unpaired) electrons. The molecule has 1 aromatic carbocycles. The van der Waals surface area contributed by atoms with Gasteiger partial charge >= 0.3 is 0 Å². The lowest BCUT2D eigenvalue weighted by Crippen LogP contribution is -2.08. The third-order valence-electron chi connectivity index (χ3n) is 4.25. The van der Waals surface area contributed by atoms with Crippen LogP contribution < -0.4 is 5.32 Å². The lowest BCUT2D eigenvalue weighted by Gasteiger charge is -2.07. The van der Waals surface area contributed by atoms with E-state index in [4.69, 9.17) is 4.52 Å². The summed E-state index contributed by atoms with van der Waals surface area (Å²) in [6.07, 6.45) is 0.735. The Morgan fingerprint density at radius 1 is 1.25 bits per heavy atom. The zero-order valence-electron chi connectivity index (χ0n) is 12.3. The van der Waals surface area contributed by atoms with Gasteiger partial charge in [0.1, 0.15) is 0 Å². The van der Waals surface area contributed by atoms with E-state index in [1.165, 1.54) is 16.7 Å². The maximum absolute atomic E-state index is 5.44. The largest absolute Gasteiger partial charge is 0.339 e. The van der Waals surface area contributed by atoms with Crippen LogP contribution in [0, 0.1) is 19.8 Å². The van der Waals surface area contributed by atoms with Crippen LogP contribution in [0.2, 0.25) is 0 Å². The fourth-order valence-electron chi connectivity index (χ4n) is 2.73. The van der Waals surface area contributed by atoms with Crippen LogP contribution in [0.3, 0.4) is 0 Å². The van der Waals surface area contributed by atoms with Gasteiger partial charge in [0.25, 0.3) is 0 Å².